The van der Waals surface area contributed by atoms with Gasteiger partial charge < -0.3 is 10.5 Å². The second-order valence-corrected chi connectivity index (χ2v) is 5.06. The first-order valence-corrected chi connectivity index (χ1v) is 5.99. The van der Waals surface area contributed by atoms with Gasteiger partial charge in [-0.3, -0.25) is 4.79 Å². The summed E-state index contributed by atoms with van der Waals surface area (Å²) in [5.74, 6) is 0.891. The van der Waals surface area contributed by atoms with E-state index in [0.29, 0.717) is 30.9 Å². The summed E-state index contributed by atoms with van der Waals surface area (Å²) >= 11 is 0. The molecule has 0 bridgehead atoms. The molecule has 1 aliphatic carbocycles. The van der Waals surface area contributed by atoms with Crippen molar-refractivity contribution >= 4 is 5.97 Å². The molecule has 88 valence electrons. The third-order valence-corrected chi connectivity index (χ3v) is 2.92. The molecule has 0 aromatic carbocycles. The van der Waals surface area contributed by atoms with Gasteiger partial charge in [0.05, 0.1) is 6.61 Å². The van der Waals surface area contributed by atoms with E-state index in [-0.39, 0.29) is 5.97 Å². The van der Waals surface area contributed by atoms with E-state index in [2.05, 4.69) is 0 Å². The molecule has 1 aliphatic rings. The van der Waals surface area contributed by atoms with Crippen LogP contribution in [0, 0.1) is 11.8 Å². The Morgan fingerprint density at radius 1 is 1.33 bits per heavy atom. The van der Waals surface area contributed by atoms with Gasteiger partial charge in [0.15, 0.2) is 0 Å². The molecule has 1 fully saturated rings. The van der Waals surface area contributed by atoms with Crippen LogP contribution in [-0.4, -0.2) is 18.6 Å². The Kier molecular flexibility index (Phi) is 5.09. The molecule has 1 saturated carbocycles. The van der Waals surface area contributed by atoms with Crippen LogP contribution in [0.15, 0.2) is 0 Å². The molecule has 0 amide bonds. The number of carbonyl (C=O) groups excluding carboxylic acids is 1. The predicted octanol–water partition coefficient (Wildman–Crippen LogP) is 2.09. The Morgan fingerprint density at radius 3 is 2.47 bits per heavy atom. The van der Waals surface area contributed by atoms with Crippen LogP contribution >= 0.6 is 0 Å². The van der Waals surface area contributed by atoms with Crippen molar-refractivity contribution in [3.05, 3.63) is 0 Å². The number of esters is 1. The molecule has 2 N–H and O–H groups in total. The normalized spacial score (nSPS) is 26.7. The van der Waals surface area contributed by atoms with E-state index in [1.54, 1.807) is 0 Å². The average Bonchev–Trinajstić information content (AvgIpc) is 2.19. The van der Waals surface area contributed by atoms with Crippen LogP contribution in [0.2, 0.25) is 0 Å². The van der Waals surface area contributed by atoms with Crippen LogP contribution in [-0.2, 0) is 9.53 Å². The zero-order chi connectivity index (χ0) is 11.3. The standard InChI is InChI=1S/C12H23NO2/c1-9(2)8-15-12(14)7-10-3-5-11(13)6-4-10/h9-11H,3-8,13H2,1-2H3. The van der Waals surface area contributed by atoms with Crippen molar-refractivity contribution in [2.75, 3.05) is 6.61 Å². The smallest absolute Gasteiger partial charge is 0.306 e. The van der Waals surface area contributed by atoms with Gasteiger partial charge in [0.1, 0.15) is 0 Å². The number of carbonyl (C=O) groups is 1. The van der Waals surface area contributed by atoms with E-state index >= 15 is 0 Å². The first-order valence-electron chi connectivity index (χ1n) is 5.99. The van der Waals surface area contributed by atoms with Crippen molar-refractivity contribution in [3.8, 4) is 0 Å². The monoisotopic (exact) mass is 213 g/mol. The number of nitrogens with two attached hydrogens (primary N) is 1. The zero-order valence-electron chi connectivity index (χ0n) is 9.87. The molecule has 0 saturated heterocycles. The van der Waals surface area contributed by atoms with E-state index in [4.69, 9.17) is 10.5 Å². The van der Waals surface area contributed by atoms with Crippen LogP contribution in [0.25, 0.3) is 0 Å². The van der Waals surface area contributed by atoms with Crippen molar-refractivity contribution < 1.29 is 9.53 Å². The van der Waals surface area contributed by atoms with Gasteiger partial charge in [0, 0.05) is 12.5 Å². The fourth-order valence-corrected chi connectivity index (χ4v) is 1.95. The highest BCUT2D eigenvalue weighted by Gasteiger charge is 2.21. The lowest BCUT2D eigenvalue weighted by Crippen LogP contribution is -2.27. The summed E-state index contributed by atoms with van der Waals surface area (Å²) in [7, 11) is 0. The van der Waals surface area contributed by atoms with Gasteiger partial charge in [-0.1, -0.05) is 13.8 Å². The fourth-order valence-electron chi connectivity index (χ4n) is 1.95. The summed E-state index contributed by atoms with van der Waals surface area (Å²) in [4.78, 5) is 11.4. The Hall–Kier alpha value is -0.570. The highest BCUT2D eigenvalue weighted by atomic mass is 16.5. The van der Waals surface area contributed by atoms with Crippen molar-refractivity contribution in [1.29, 1.82) is 0 Å². The van der Waals surface area contributed by atoms with E-state index in [0.717, 1.165) is 25.7 Å². The van der Waals surface area contributed by atoms with Gasteiger partial charge in [0.25, 0.3) is 0 Å². The van der Waals surface area contributed by atoms with Crippen LogP contribution in [0.5, 0.6) is 0 Å². The van der Waals surface area contributed by atoms with Gasteiger partial charge in [-0.05, 0) is 37.5 Å². The minimum atomic E-state index is -0.0378. The summed E-state index contributed by atoms with van der Waals surface area (Å²) in [6, 6.07) is 0.355. The van der Waals surface area contributed by atoms with Gasteiger partial charge in [0.2, 0.25) is 0 Å². The summed E-state index contributed by atoms with van der Waals surface area (Å²) < 4.78 is 5.16. The molecule has 0 aliphatic heterocycles. The van der Waals surface area contributed by atoms with E-state index in [9.17, 15) is 4.79 Å². The van der Waals surface area contributed by atoms with E-state index in [1.165, 1.54) is 0 Å². The van der Waals surface area contributed by atoms with Gasteiger partial charge in [-0.2, -0.15) is 0 Å². The molecular formula is C12H23NO2. The van der Waals surface area contributed by atoms with Crippen molar-refractivity contribution in [3.63, 3.8) is 0 Å². The number of ether oxygens (including phenoxy) is 1. The summed E-state index contributed by atoms with van der Waals surface area (Å²) in [5, 5.41) is 0. The first kappa shape index (κ1) is 12.5. The average molecular weight is 213 g/mol. The molecule has 0 radical (unpaired) electrons. The van der Waals surface area contributed by atoms with Crippen molar-refractivity contribution in [2.45, 2.75) is 52.0 Å². The molecule has 0 unspecified atom stereocenters. The van der Waals surface area contributed by atoms with Crippen LogP contribution in [0.1, 0.15) is 46.0 Å². The molecule has 0 aromatic heterocycles. The predicted molar refractivity (Wildman–Crippen MR) is 60.3 cm³/mol. The second-order valence-electron chi connectivity index (χ2n) is 5.06. The highest BCUT2D eigenvalue weighted by Crippen LogP contribution is 2.26. The SMILES string of the molecule is CC(C)COC(=O)CC1CCC(N)CC1. The molecule has 0 aromatic rings. The second kappa shape index (κ2) is 6.11. The summed E-state index contributed by atoms with van der Waals surface area (Å²) in [6.45, 7) is 4.64. The third kappa shape index (κ3) is 5.17. The zero-order valence-corrected chi connectivity index (χ0v) is 9.87. The molecule has 3 heteroatoms. The molecule has 3 nitrogen and oxygen atoms in total. The highest BCUT2D eigenvalue weighted by molar-refractivity contribution is 5.69. The quantitative estimate of drug-likeness (QED) is 0.727. The minimum Gasteiger partial charge on any atom is -0.465 e. The Labute approximate surface area is 92.4 Å². The van der Waals surface area contributed by atoms with E-state index in [1.807, 2.05) is 13.8 Å². The maximum Gasteiger partial charge on any atom is 0.306 e. The van der Waals surface area contributed by atoms with E-state index < -0.39 is 0 Å². The lowest BCUT2D eigenvalue weighted by atomic mass is 9.84. The Morgan fingerprint density at radius 2 is 1.93 bits per heavy atom. The Bertz CT molecular complexity index is 196. The number of hydrogen-bond acceptors (Lipinski definition) is 3. The van der Waals surface area contributed by atoms with Gasteiger partial charge in [-0.15, -0.1) is 0 Å². The topological polar surface area (TPSA) is 52.3 Å². The maximum absolute atomic E-state index is 11.4. The summed E-state index contributed by atoms with van der Waals surface area (Å²) in [5.41, 5.74) is 5.81. The largest absolute Gasteiger partial charge is 0.465 e. The minimum absolute atomic E-state index is 0.0378. The van der Waals surface area contributed by atoms with Crippen molar-refractivity contribution in [1.82, 2.24) is 0 Å². The lowest BCUT2D eigenvalue weighted by molar-refractivity contribution is -0.146. The van der Waals surface area contributed by atoms with Crippen LogP contribution < -0.4 is 5.73 Å². The molecule has 0 heterocycles. The summed E-state index contributed by atoms with van der Waals surface area (Å²) in [6.07, 6.45) is 4.86. The first-order chi connectivity index (χ1) is 7.08. The molecule has 0 spiro atoms. The molecule has 0 atom stereocenters. The number of hydrogen-bond donors (Lipinski definition) is 1. The van der Waals surface area contributed by atoms with Crippen LogP contribution in [0.3, 0.4) is 0 Å². The van der Waals surface area contributed by atoms with Crippen LogP contribution in [0.4, 0.5) is 0 Å². The van der Waals surface area contributed by atoms with Crippen molar-refractivity contribution in [2.24, 2.45) is 17.6 Å². The molecule has 15 heavy (non-hydrogen) atoms. The van der Waals surface area contributed by atoms with Gasteiger partial charge >= 0.3 is 5.97 Å². The number of rotatable bonds is 4. The van der Waals surface area contributed by atoms with Gasteiger partial charge in [-0.25, -0.2) is 0 Å². The maximum atomic E-state index is 11.4. The Balaban J connectivity index is 2.15. The third-order valence-electron chi connectivity index (χ3n) is 2.92. The molecular weight excluding hydrogens is 190 g/mol. The molecule has 1 rings (SSSR count). The fraction of sp³-hybridized carbons (Fsp3) is 0.917. The lowest BCUT2D eigenvalue weighted by Gasteiger charge is -2.25.